The largest absolute Gasteiger partial charge is 0.485 e. The van der Waals surface area contributed by atoms with Gasteiger partial charge in [0.1, 0.15) is 11.3 Å². The monoisotopic (exact) mass is 435 g/mol. The summed E-state index contributed by atoms with van der Waals surface area (Å²) in [6.45, 7) is 11.5. The fraction of sp³-hybridized carbons (Fsp3) is 0.346. The molecule has 6 heteroatoms. The van der Waals surface area contributed by atoms with Crippen LogP contribution in [0.25, 0.3) is 11.1 Å². The second kappa shape index (κ2) is 9.39. The number of Topliss-reactive ketones (excluding diaryl/α,β-unsaturated/α-hetero) is 1. The van der Waals surface area contributed by atoms with E-state index in [1.165, 1.54) is 7.11 Å². The Hall–Kier alpha value is -3.41. The van der Waals surface area contributed by atoms with Gasteiger partial charge in [0.25, 0.3) is 0 Å². The first-order chi connectivity index (χ1) is 15.2. The van der Waals surface area contributed by atoms with Gasteiger partial charge in [-0.05, 0) is 67.7 Å². The third-order valence-corrected chi connectivity index (χ3v) is 5.99. The summed E-state index contributed by atoms with van der Waals surface area (Å²) in [5.41, 5.74) is 3.67. The van der Waals surface area contributed by atoms with Gasteiger partial charge in [-0.1, -0.05) is 32.6 Å². The molecule has 1 aromatic heterocycles. The number of oxazole rings is 1. The van der Waals surface area contributed by atoms with Gasteiger partial charge in [-0.2, -0.15) is 0 Å². The molecule has 6 nitrogen and oxygen atoms in total. The number of nitrogens with zero attached hydrogens (tertiary/aromatic N) is 1. The van der Waals surface area contributed by atoms with E-state index >= 15 is 0 Å². The van der Waals surface area contributed by atoms with Gasteiger partial charge in [0.05, 0.1) is 18.1 Å². The summed E-state index contributed by atoms with van der Waals surface area (Å²) in [6.07, 6.45) is 1.54. The molecule has 3 aromatic rings. The highest BCUT2D eigenvalue weighted by atomic mass is 16.5. The van der Waals surface area contributed by atoms with Gasteiger partial charge in [-0.15, -0.1) is 0 Å². The van der Waals surface area contributed by atoms with E-state index in [0.29, 0.717) is 33.9 Å². The molecule has 32 heavy (non-hydrogen) atoms. The van der Waals surface area contributed by atoms with E-state index < -0.39 is 11.4 Å². The number of hydrogen-bond acceptors (Lipinski definition) is 6. The van der Waals surface area contributed by atoms with E-state index in [1.54, 1.807) is 25.1 Å². The lowest BCUT2D eigenvalue weighted by atomic mass is 9.75. The zero-order valence-corrected chi connectivity index (χ0v) is 19.3. The van der Waals surface area contributed by atoms with Crippen LogP contribution in [0, 0.1) is 6.92 Å². The standard InChI is InChI=1S/C26H29NO5/c1-7-26(8-2,19-10-12-22(17(5)13-19)31-15-21(28)16(3)4)25-27-20-14-18(24(29)30-6)9-11-23(20)32-25/h9-14H,3,7-8,15H2,1-2,4-6H3. The number of fused-ring (bicyclic) bond motifs is 1. The maximum Gasteiger partial charge on any atom is 0.337 e. The molecule has 0 amide bonds. The second-order valence-electron chi connectivity index (χ2n) is 7.95. The number of esters is 1. The SMILES string of the molecule is C=C(C)C(=O)COc1ccc(C(CC)(CC)c2nc3cc(C(=O)OC)ccc3o2)cc1C. The highest BCUT2D eigenvalue weighted by Crippen LogP contribution is 2.41. The van der Waals surface area contributed by atoms with Crippen LogP contribution in [-0.4, -0.2) is 30.5 Å². The molecule has 0 radical (unpaired) electrons. The minimum atomic E-state index is -0.443. The zero-order valence-electron chi connectivity index (χ0n) is 19.3. The second-order valence-corrected chi connectivity index (χ2v) is 7.95. The summed E-state index contributed by atoms with van der Waals surface area (Å²) >= 11 is 0. The molecule has 0 bridgehead atoms. The van der Waals surface area contributed by atoms with E-state index in [4.69, 9.17) is 18.9 Å². The third-order valence-electron chi connectivity index (χ3n) is 5.99. The molecule has 0 unspecified atom stereocenters. The first-order valence-electron chi connectivity index (χ1n) is 10.7. The van der Waals surface area contributed by atoms with Crippen molar-refractivity contribution in [1.82, 2.24) is 4.98 Å². The maximum absolute atomic E-state index is 11.9. The summed E-state index contributed by atoms with van der Waals surface area (Å²) in [6, 6.07) is 11.0. The van der Waals surface area contributed by atoms with Crippen molar-refractivity contribution in [3.8, 4) is 5.75 Å². The predicted molar refractivity (Wildman–Crippen MR) is 123 cm³/mol. The summed E-state index contributed by atoms with van der Waals surface area (Å²) in [5, 5.41) is 0. The van der Waals surface area contributed by atoms with Crippen LogP contribution < -0.4 is 4.74 Å². The first-order valence-corrected chi connectivity index (χ1v) is 10.7. The Morgan fingerprint density at radius 1 is 1.12 bits per heavy atom. The van der Waals surface area contributed by atoms with E-state index in [2.05, 4.69) is 26.5 Å². The van der Waals surface area contributed by atoms with Crippen molar-refractivity contribution in [2.75, 3.05) is 13.7 Å². The fourth-order valence-corrected chi connectivity index (χ4v) is 3.84. The number of hydrogen-bond donors (Lipinski definition) is 0. The summed E-state index contributed by atoms with van der Waals surface area (Å²) in [4.78, 5) is 28.5. The van der Waals surface area contributed by atoms with Crippen LogP contribution in [0.15, 0.2) is 53.0 Å². The average molecular weight is 436 g/mol. The Kier molecular flexibility index (Phi) is 6.82. The molecule has 0 aliphatic heterocycles. The molecule has 168 valence electrons. The number of aromatic nitrogens is 1. The van der Waals surface area contributed by atoms with Gasteiger partial charge in [-0.25, -0.2) is 9.78 Å². The topological polar surface area (TPSA) is 78.6 Å². The Bertz CT molecular complexity index is 1170. The smallest absolute Gasteiger partial charge is 0.337 e. The number of ketones is 1. The summed E-state index contributed by atoms with van der Waals surface area (Å²) in [5.74, 6) is 0.725. The van der Waals surface area contributed by atoms with Gasteiger partial charge in [0.15, 0.2) is 18.0 Å². The van der Waals surface area contributed by atoms with Crippen molar-refractivity contribution in [3.63, 3.8) is 0 Å². The van der Waals surface area contributed by atoms with Crippen LogP contribution in [0.1, 0.15) is 61.0 Å². The predicted octanol–water partition coefficient (Wildman–Crippen LogP) is 5.55. The minimum absolute atomic E-state index is 0.0319. The molecular weight excluding hydrogens is 406 g/mol. The number of ether oxygens (including phenoxy) is 2. The Balaban J connectivity index is 1.99. The van der Waals surface area contributed by atoms with E-state index in [-0.39, 0.29) is 12.4 Å². The lowest BCUT2D eigenvalue weighted by Crippen LogP contribution is -2.26. The summed E-state index contributed by atoms with van der Waals surface area (Å²) < 4.78 is 16.7. The number of methoxy groups -OCH3 is 1. The van der Waals surface area contributed by atoms with E-state index in [1.807, 2.05) is 19.1 Å². The van der Waals surface area contributed by atoms with Crippen molar-refractivity contribution in [1.29, 1.82) is 0 Å². The molecule has 0 spiro atoms. The van der Waals surface area contributed by atoms with E-state index in [9.17, 15) is 9.59 Å². The Labute approximate surface area is 188 Å². The molecule has 0 fully saturated rings. The van der Waals surface area contributed by atoms with Gasteiger partial charge >= 0.3 is 5.97 Å². The van der Waals surface area contributed by atoms with E-state index in [0.717, 1.165) is 24.0 Å². The van der Waals surface area contributed by atoms with Crippen LogP contribution in [-0.2, 0) is 14.9 Å². The lowest BCUT2D eigenvalue weighted by Gasteiger charge is -2.29. The normalized spacial score (nSPS) is 11.4. The van der Waals surface area contributed by atoms with Crippen molar-refractivity contribution in [2.24, 2.45) is 0 Å². The van der Waals surface area contributed by atoms with Crippen LogP contribution in [0.5, 0.6) is 5.75 Å². The molecule has 0 atom stereocenters. The maximum atomic E-state index is 11.9. The molecule has 2 aromatic carbocycles. The minimum Gasteiger partial charge on any atom is -0.485 e. The average Bonchev–Trinajstić information content (AvgIpc) is 3.22. The Morgan fingerprint density at radius 3 is 2.44 bits per heavy atom. The number of rotatable bonds is 9. The lowest BCUT2D eigenvalue weighted by molar-refractivity contribution is -0.117. The molecule has 0 saturated carbocycles. The molecule has 0 aliphatic rings. The highest BCUT2D eigenvalue weighted by molar-refractivity contribution is 5.95. The zero-order chi connectivity index (χ0) is 23.5. The highest BCUT2D eigenvalue weighted by Gasteiger charge is 2.36. The van der Waals surface area contributed by atoms with Crippen molar-refractivity contribution < 1.29 is 23.5 Å². The molecule has 0 N–H and O–H groups in total. The van der Waals surface area contributed by atoms with Gasteiger partial charge < -0.3 is 13.9 Å². The van der Waals surface area contributed by atoms with Gasteiger partial charge in [-0.3, -0.25) is 4.79 Å². The quantitative estimate of drug-likeness (QED) is 0.324. The number of carbonyl (C=O) groups excluding carboxylic acids is 2. The molecular formula is C26H29NO5. The van der Waals surface area contributed by atoms with Crippen LogP contribution >= 0.6 is 0 Å². The van der Waals surface area contributed by atoms with Crippen LogP contribution in [0.2, 0.25) is 0 Å². The molecule has 1 heterocycles. The number of aryl methyl sites for hydroxylation is 1. The van der Waals surface area contributed by atoms with Crippen molar-refractivity contribution in [3.05, 3.63) is 71.1 Å². The fourth-order valence-electron chi connectivity index (χ4n) is 3.84. The molecule has 0 saturated heterocycles. The Morgan fingerprint density at radius 2 is 1.84 bits per heavy atom. The van der Waals surface area contributed by atoms with Crippen molar-refractivity contribution >= 4 is 22.9 Å². The van der Waals surface area contributed by atoms with Gasteiger partial charge in [0.2, 0.25) is 5.89 Å². The first kappa shape index (κ1) is 23.3. The summed E-state index contributed by atoms with van der Waals surface area (Å²) in [7, 11) is 1.35. The third kappa shape index (κ3) is 4.31. The number of carbonyl (C=O) groups is 2. The number of benzene rings is 2. The van der Waals surface area contributed by atoms with Crippen LogP contribution in [0.4, 0.5) is 0 Å². The van der Waals surface area contributed by atoms with Crippen LogP contribution in [0.3, 0.4) is 0 Å². The van der Waals surface area contributed by atoms with Crippen molar-refractivity contribution in [2.45, 2.75) is 46.0 Å². The molecule has 0 aliphatic carbocycles. The molecule has 3 rings (SSSR count). The van der Waals surface area contributed by atoms with Gasteiger partial charge in [0, 0.05) is 0 Å².